The zero-order valence-corrected chi connectivity index (χ0v) is 9.76. The Morgan fingerprint density at radius 1 is 1.42 bits per heavy atom. The van der Waals surface area contributed by atoms with Crippen molar-refractivity contribution in [3.63, 3.8) is 0 Å². The number of alkyl halides is 2. The van der Waals surface area contributed by atoms with Gasteiger partial charge in [-0.05, 0) is 6.07 Å². The smallest absolute Gasteiger partial charge is 0.387 e. The molecule has 1 rings (SSSR count). The minimum atomic E-state index is -4.49. The fourth-order valence-electron chi connectivity index (χ4n) is 1.23. The van der Waals surface area contributed by atoms with E-state index in [9.17, 15) is 32.1 Å². The van der Waals surface area contributed by atoms with Crippen molar-refractivity contribution in [3.8, 4) is 5.75 Å². The summed E-state index contributed by atoms with van der Waals surface area (Å²) in [7, 11) is -4.49. The van der Waals surface area contributed by atoms with Gasteiger partial charge >= 0.3 is 6.61 Å². The summed E-state index contributed by atoms with van der Waals surface area (Å²) >= 11 is 0. The van der Waals surface area contributed by atoms with Gasteiger partial charge in [0, 0.05) is 0 Å². The lowest BCUT2D eigenvalue weighted by Crippen LogP contribution is -2.16. The highest BCUT2D eigenvalue weighted by Crippen LogP contribution is 2.31. The topological polar surface area (TPSA) is 130 Å². The predicted molar refractivity (Wildman–Crippen MR) is 56.5 cm³/mol. The van der Waals surface area contributed by atoms with E-state index in [1.807, 2.05) is 0 Å². The number of rotatable bonds is 5. The van der Waals surface area contributed by atoms with Crippen LogP contribution in [-0.4, -0.2) is 26.2 Å². The second-order valence-electron chi connectivity index (χ2n) is 3.16. The summed E-state index contributed by atoms with van der Waals surface area (Å²) in [4.78, 5) is 19.2. The predicted octanol–water partition coefficient (Wildman–Crippen LogP) is 0.656. The van der Waals surface area contributed by atoms with E-state index < -0.39 is 43.5 Å². The number of benzene rings is 1. The number of ether oxygens (including phenoxy) is 1. The zero-order valence-electron chi connectivity index (χ0n) is 8.95. The molecule has 0 saturated heterocycles. The van der Waals surface area contributed by atoms with Crippen LogP contribution in [0.3, 0.4) is 0 Å². The van der Waals surface area contributed by atoms with E-state index in [0.29, 0.717) is 12.1 Å². The Morgan fingerprint density at radius 3 is 2.37 bits per heavy atom. The van der Waals surface area contributed by atoms with Crippen LogP contribution in [0.2, 0.25) is 0 Å². The van der Waals surface area contributed by atoms with Crippen LogP contribution in [0.5, 0.6) is 5.75 Å². The molecule has 0 atom stereocenters. The van der Waals surface area contributed by atoms with Crippen molar-refractivity contribution in [2.45, 2.75) is 11.5 Å². The van der Waals surface area contributed by atoms with Gasteiger partial charge in [-0.25, -0.2) is 13.6 Å². The van der Waals surface area contributed by atoms with Crippen LogP contribution in [0.15, 0.2) is 17.0 Å². The van der Waals surface area contributed by atoms with Gasteiger partial charge in [0.15, 0.2) is 12.0 Å². The Kier molecular flexibility index (Phi) is 4.11. The number of carbonyl (C=O) groups excluding carboxylic acids is 1. The second kappa shape index (κ2) is 5.24. The summed E-state index contributed by atoms with van der Waals surface area (Å²) in [6, 6.07) is 0.897. The number of hydrogen-bond acceptors (Lipinski definition) is 6. The highest BCUT2D eigenvalue weighted by atomic mass is 32.2. The quantitative estimate of drug-likeness (QED) is 0.482. The minimum Gasteiger partial charge on any atom is -0.433 e. The molecule has 0 aliphatic heterocycles. The lowest BCUT2D eigenvalue weighted by atomic mass is 10.2. The monoisotopic (exact) mass is 296 g/mol. The van der Waals surface area contributed by atoms with Crippen molar-refractivity contribution in [2.24, 2.45) is 5.14 Å². The first-order chi connectivity index (χ1) is 8.66. The molecule has 0 spiro atoms. The third-order valence-electron chi connectivity index (χ3n) is 1.94. The Labute approximate surface area is 105 Å². The summed E-state index contributed by atoms with van der Waals surface area (Å²) in [5, 5.41) is 15.3. The Bertz CT molecular complexity index is 630. The molecule has 1 aromatic carbocycles. The Balaban J connectivity index is 3.62. The van der Waals surface area contributed by atoms with Gasteiger partial charge in [0.2, 0.25) is 10.0 Å². The number of sulfonamides is 1. The summed E-state index contributed by atoms with van der Waals surface area (Å²) < 4.78 is 50.4. The lowest BCUT2D eigenvalue weighted by molar-refractivity contribution is -0.385. The fourth-order valence-corrected chi connectivity index (χ4v) is 1.91. The molecule has 0 saturated carbocycles. The molecule has 2 N–H and O–H groups in total. The van der Waals surface area contributed by atoms with E-state index in [2.05, 4.69) is 4.74 Å². The lowest BCUT2D eigenvalue weighted by Gasteiger charge is -2.09. The number of aldehydes is 1. The molecular formula is C8H6F2N2O6S. The molecular weight excluding hydrogens is 290 g/mol. The van der Waals surface area contributed by atoms with Crippen molar-refractivity contribution >= 4 is 22.0 Å². The number of halogens is 2. The molecule has 11 heteroatoms. The molecule has 0 fully saturated rings. The minimum absolute atomic E-state index is 0.00102. The van der Waals surface area contributed by atoms with Crippen LogP contribution < -0.4 is 9.88 Å². The van der Waals surface area contributed by atoms with Gasteiger partial charge in [0.1, 0.15) is 4.90 Å². The van der Waals surface area contributed by atoms with Crippen molar-refractivity contribution < 1.29 is 31.7 Å². The van der Waals surface area contributed by atoms with E-state index in [1.54, 1.807) is 0 Å². The first kappa shape index (κ1) is 14.9. The van der Waals surface area contributed by atoms with Crippen molar-refractivity contribution in [1.29, 1.82) is 0 Å². The van der Waals surface area contributed by atoms with Crippen molar-refractivity contribution in [1.82, 2.24) is 0 Å². The van der Waals surface area contributed by atoms with Crippen molar-refractivity contribution in [3.05, 3.63) is 27.8 Å². The van der Waals surface area contributed by atoms with Gasteiger partial charge in [0.05, 0.1) is 16.6 Å². The van der Waals surface area contributed by atoms with Crippen LogP contribution in [-0.2, 0) is 10.0 Å². The molecule has 0 aliphatic carbocycles. The number of nitrogens with two attached hydrogens (primary N) is 1. The second-order valence-corrected chi connectivity index (χ2v) is 4.69. The summed E-state index contributed by atoms with van der Waals surface area (Å²) in [6.45, 7) is -3.41. The molecule has 104 valence electrons. The van der Waals surface area contributed by atoms with E-state index in [1.165, 1.54) is 0 Å². The molecule has 0 aromatic heterocycles. The summed E-state index contributed by atoms with van der Waals surface area (Å²) in [5.41, 5.74) is -1.51. The van der Waals surface area contributed by atoms with Crippen molar-refractivity contribution in [2.75, 3.05) is 0 Å². The molecule has 0 radical (unpaired) electrons. The van der Waals surface area contributed by atoms with Crippen LogP contribution >= 0.6 is 0 Å². The van der Waals surface area contributed by atoms with Gasteiger partial charge in [-0.1, -0.05) is 0 Å². The number of nitro groups is 1. The van der Waals surface area contributed by atoms with E-state index in [-0.39, 0.29) is 6.29 Å². The highest BCUT2D eigenvalue weighted by molar-refractivity contribution is 7.89. The molecule has 1 aromatic rings. The van der Waals surface area contributed by atoms with E-state index in [4.69, 9.17) is 5.14 Å². The third-order valence-corrected chi connectivity index (χ3v) is 2.87. The highest BCUT2D eigenvalue weighted by Gasteiger charge is 2.25. The van der Waals surface area contributed by atoms with Crippen LogP contribution in [0.1, 0.15) is 10.4 Å². The summed E-state index contributed by atoms with van der Waals surface area (Å²) in [5.74, 6) is -1.00. The van der Waals surface area contributed by atoms with Gasteiger partial charge in [0.25, 0.3) is 5.69 Å². The van der Waals surface area contributed by atoms with Crippen LogP contribution in [0.25, 0.3) is 0 Å². The van der Waals surface area contributed by atoms with Gasteiger partial charge in [-0.15, -0.1) is 0 Å². The maximum absolute atomic E-state index is 12.1. The van der Waals surface area contributed by atoms with Gasteiger partial charge in [-0.2, -0.15) is 8.78 Å². The number of primary sulfonamides is 1. The molecule has 0 aliphatic rings. The number of carbonyl (C=O) groups is 1. The molecule has 0 unspecified atom stereocenters. The molecule has 19 heavy (non-hydrogen) atoms. The summed E-state index contributed by atoms with van der Waals surface area (Å²) in [6.07, 6.45) is -0.00102. The van der Waals surface area contributed by atoms with E-state index in [0.717, 1.165) is 0 Å². The fraction of sp³-hybridized carbons (Fsp3) is 0.125. The largest absolute Gasteiger partial charge is 0.433 e. The molecule has 0 heterocycles. The average molecular weight is 296 g/mol. The van der Waals surface area contributed by atoms with Crippen LogP contribution in [0, 0.1) is 10.1 Å². The molecule has 0 amide bonds. The van der Waals surface area contributed by atoms with Crippen LogP contribution in [0.4, 0.5) is 14.5 Å². The maximum atomic E-state index is 12.1. The first-order valence-electron chi connectivity index (χ1n) is 4.42. The number of nitrogens with zero attached hydrogens (tertiary/aromatic N) is 1. The Hall–Kier alpha value is -2.14. The number of hydrogen-bond donors (Lipinski definition) is 1. The normalized spacial score (nSPS) is 11.4. The third kappa shape index (κ3) is 3.42. The average Bonchev–Trinajstić information content (AvgIpc) is 2.25. The number of nitro benzene ring substituents is 1. The SMILES string of the molecule is NS(=O)(=O)c1cc(C=O)c([N+](=O)[O-])cc1OC(F)F. The van der Waals surface area contributed by atoms with E-state index >= 15 is 0 Å². The maximum Gasteiger partial charge on any atom is 0.387 e. The molecule has 8 nitrogen and oxygen atoms in total. The van der Waals surface area contributed by atoms with Gasteiger partial charge in [-0.3, -0.25) is 14.9 Å². The van der Waals surface area contributed by atoms with Gasteiger partial charge < -0.3 is 4.74 Å². The standard InChI is InChI=1S/C8H6F2N2O6S/c9-8(10)18-6-2-5(12(14)15)4(3-13)1-7(6)19(11,16)17/h1-3,8H,(H2,11,16,17). The Morgan fingerprint density at radius 2 is 2.00 bits per heavy atom. The zero-order chi connectivity index (χ0) is 14.8. The first-order valence-corrected chi connectivity index (χ1v) is 5.96. The molecule has 0 bridgehead atoms.